The minimum atomic E-state index is 0.306. The van der Waals surface area contributed by atoms with E-state index in [4.69, 9.17) is 16.3 Å². The fraction of sp³-hybridized carbons (Fsp3) is 0.533. The van der Waals surface area contributed by atoms with E-state index in [1.54, 1.807) is 7.05 Å². The topological polar surface area (TPSA) is 36.9 Å². The van der Waals surface area contributed by atoms with Gasteiger partial charge in [0.05, 0.1) is 6.10 Å². The monoisotopic (exact) mass is 295 g/mol. The molecule has 110 valence electrons. The first-order valence-electron chi connectivity index (χ1n) is 6.97. The van der Waals surface area contributed by atoms with Crippen molar-refractivity contribution in [3.05, 3.63) is 34.9 Å². The van der Waals surface area contributed by atoms with Crippen LogP contribution >= 0.6 is 11.6 Å². The molecule has 1 aliphatic heterocycles. The minimum Gasteiger partial charge on any atom is -0.376 e. The molecule has 0 radical (unpaired) electrons. The van der Waals surface area contributed by atoms with Crippen LogP contribution in [0, 0.1) is 0 Å². The molecular formula is C15H22ClN3O. The van der Waals surface area contributed by atoms with E-state index < -0.39 is 0 Å². The Hall–Kier alpha value is -1.26. The molecule has 1 heterocycles. The summed E-state index contributed by atoms with van der Waals surface area (Å²) in [5.74, 6) is 0.861. The van der Waals surface area contributed by atoms with Crippen LogP contribution in [-0.4, -0.2) is 44.2 Å². The highest BCUT2D eigenvalue weighted by Gasteiger charge is 2.16. The Kier molecular flexibility index (Phi) is 5.68. The SMILES string of the molecule is CN=C(NCC1CCCO1)N(C)Cc1ccccc1Cl. The zero-order chi connectivity index (χ0) is 14.4. The zero-order valence-electron chi connectivity index (χ0n) is 12.1. The molecule has 0 bridgehead atoms. The summed E-state index contributed by atoms with van der Waals surface area (Å²) >= 11 is 6.19. The van der Waals surface area contributed by atoms with E-state index in [0.29, 0.717) is 6.10 Å². The van der Waals surface area contributed by atoms with E-state index in [2.05, 4.69) is 15.2 Å². The Morgan fingerprint density at radius 3 is 2.95 bits per heavy atom. The Balaban J connectivity index is 1.88. The molecule has 1 saturated heterocycles. The molecule has 5 heteroatoms. The molecule has 1 atom stereocenters. The van der Waals surface area contributed by atoms with E-state index in [0.717, 1.165) is 49.1 Å². The van der Waals surface area contributed by atoms with Gasteiger partial charge in [-0.2, -0.15) is 0 Å². The number of ether oxygens (including phenoxy) is 1. The molecule has 1 fully saturated rings. The Labute approximate surface area is 125 Å². The van der Waals surface area contributed by atoms with Gasteiger partial charge < -0.3 is 15.0 Å². The first-order valence-corrected chi connectivity index (χ1v) is 7.35. The predicted octanol–water partition coefficient (Wildman–Crippen LogP) is 2.53. The van der Waals surface area contributed by atoms with Gasteiger partial charge in [-0.1, -0.05) is 29.8 Å². The number of guanidine groups is 1. The standard InChI is InChI=1S/C15H22ClN3O/c1-17-15(18-10-13-7-5-9-20-13)19(2)11-12-6-3-4-8-14(12)16/h3-4,6,8,13H,5,7,9-11H2,1-2H3,(H,17,18). The number of nitrogens with one attached hydrogen (secondary N) is 1. The lowest BCUT2D eigenvalue weighted by Gasteiger charge is -2.23. The van der Waals surface area contributed by atoms with Crippen molar-refractivity contribution in [2.45, 2.75) is 25.5 Å². The highest BCUT2D eigenvalue weighted by atomic mass is 35.5. The molecule has 2 rings (SSSR count). The van der Waals surface area contributed by atoms with Gasteiger partial charge >= 0.3 is 0 Å². The summed E-state index contributed by atoms with van der Waals surface area (Å²) in [5, 5.41) is 4.14. The van der Waals surface area contributed by atoms with Crippen molar-refractivity contribution in [3.63, 3.8) is 0 Å². The molecule has 1 N–H and O–H groups in total. The van der Waals surface area contributed by atoms with E-state index in [1.165, 1.54) is 0 Å². The van der Waals surface area contributed by atoms with Crippen molar-refractivity contribution in [2.24, 2.45) is 4.99 Å². The van der Waals surface area contributed by atoms with Crippen molar-refractivity contribution in [1.82, 2.24) is 10.2 Å². The molecule has 1 aromatic rings. The number of hydrogen-bond donors (Lipinski definition) is 1. The highest BCUT2D eigenvalue weighted by Crippen LogP contribution is 2.16. The van der Waals surface area contributed by atoms with Gasteiger partial charge in [-0.25, -0.2) is 0 Å². The maximum Gasteiger partial charge on any atom is 0.193 e. The number of rotatable bonds is 4. The lowest BCUT2D eigenvalue weighted by molar-refractivity contribution is 0.113. The lowest BCUT2D eigenvalue weighted by Crippen LogP contribution is -2.41. The van der Waals surface area contributed by atoms with Gasteiger partial charge in [0.25, 0.3) is 0 Å². The molecule has 1 unspecified atom stereocenters. The van der Waals surface area contributed by atoms with Crippen LogP contribution in [0.2, 0.25) is 5.02 Å². The van der Waals surface area contributed by atoms with Crippen molar-refractivity contribution in [2.75, 3.05) is 27.2 Å². The van der Waals surface area contributed by atoms with Crippen molar-refractivity contribution < 1.29 is 4.74 Å². The molecular weight excluding hydrogens is 274 g/mol. The smallest absolute Gasteiger partial charge is 0.193 e. The normalized spacial score (nSPS) is 19.1. The van der Waals surface area contributed by atoms with Crippen LogP contribution in [0.4, 0.5) is 0 Å². The van der Waals surface area contributed by atoms with Crippen LogP contribution in [0.3, 0.4) is 0 Å². The second kappa shape index (κ2) is 7.50. The molecule has 0 aliphatic carbocycles. The number of nitrogens with zero attached hydrogens (tertiary/aromatic N) is 2. The molecule has 1 aromatic carbocycles. The Morgan fingerprint density at radius 2 is 2.30 bits per heavy atom. The molecule has 1 aliphatic rings. The van der Waals surface area contributed by atoms with E-state index >= 15 is 0 Å². The second-order valence-electron chi connectivity index (χ2n) is 5.01. The van der Waals surface area contributed by atoms with Gasteiger partial charge in [-0.3, -0.25) is 4.99 Å². The number of benzene rings is 1. The van der Waals surface area contributed by atoms with E-state index in [-0.39, 0.29) is 0 Å². The van der Waals surface area contributed by atoms with Crippen LogP contribution in [0.25, 0.3) is 0 Å². The van der Waals surface area contributed by atoms with E-state index in [9.17, 15) is 0 Å². The summed E-state index contributed by atoms with van der Waals surface area (Å²) in [4.78, 5) is 6.37. The molecule has 20 heavy (non-hydrogen) atoms. The van der Waals surface area contributed by atoms with Crippen molar-refractivity contribution in [1.29, 1.82) is 0 Å². The minimum absolute atomic E-state index is 0.306. The number of aliphatic imine (C=N–C) groups is 1. The predicted molar refractivity (Wildman–Crippen MR) is 83.3 cm³/mol. The molecule has 4 nitrogen and oxygen atoms in total. The largest absolute Gasteiger partial charge is 0.376 e. The van der Waals surface area contributed by atoms with Gasteiger partial charge in [0.15, 0.2) is 5.96 Å². The molecule has 0 saturated carbocycles. The van der Waals surface area contributed by atoms with Crippen LogP contribution < -0.4 is 5.32 Å². The Bertz CT molecular complexity index is 458. The third-order valence-corrected chi connectivity index (χ3v) is 3.82. The third kappa shape index (κ3) is 4.12. The highest BCUT2D eigenvalue weighted by molar-refractivity contribution is 6.31. The summed E-state index contributed by atoms with van der Waals surface area (Å²) in [7, 11) is 3.80. The maximum absolute atomic E-state index is 6.19. The summed E-state index contributed by atoms with van der Waals surface area (Å²) in [5.41, 5.74) is 1.09. The van der Waals surface area contributed by atoms with E-state index in [1.807, 2.05) is 31.3 Å². The van der Waals surface area contributed by atoms with Crippen LogP contribution in [0.15, 0.2) is 29.3 Å². The number of hydrogen-bond acceptors (Lipinski definition) is 2. The van der Waals surface area contributed by atoms with Crippen LogP contribution in [0.5, 0.6) is 0 Å². The van der Waals surface area contributed by atoms with Gasteiger partial charge in [0.2, 0.25) is 0 Å². The van der Waals surface area contributed by atoms with Crippen LogP contribution in [0.1, 0.15) is 18.4 Å². The first kappa shape index (κ1) is 15.1. The summed E-state index contributed by atoms with van der Waals surface area (Å²) < 4.78 is 5.61. The lowest BCUT2D eigenvalue weighted by atomic mass is 10.2. The number of halogens is 1. The van der Waals surface area contributed by atoms with Gasteiger partial charge in [0, 0.05) is 38.8 Å². The second-order valence-corrected chi connectivity index (χ2v) is 5.42. The van der Waals surface area contributed by atoms with Gasteiger partial charge in [0.1, 0.15) is 0 Å². The van der Waals surface area contributed by atoms with Crippen molar-refractivity contribution >= 4 is 17.6 Å². The van der Waals surface area contributed by atoms with Gasteiger partial charge in [-0.15, -0.1) is 0 Å². The maximum atomic E-state index is 6.19. The average Bonchev–Trinajstić information content (AvgIpc) is 2.95. The fourth-order valence-electron chi connectivity index (χ4n) is 2.35. The van der Waals surface area contributed by atoms with Crippen molar-refractivity contribution in [3.8, 4) is 0 Å². The average molecular weight is 296 g/mol. The third-order valence-electron chi connectivity index (χ3n) is 3.45. The van der Waals surface area contributed by atoms with Gasteiger partial charge in [-0.05, 0) is 24.5 Å². The fourth-order valence-corrected chi connectivity index (χ4v) is 2.55. The summed E-state index contributed by atoms with van der Waals surface area (Å²) in [6.07, 6.45) is 2.58. The summed E-state index contributed by atoms with van der Waals surface area (Å²) in [6, 6.07) is 7.88. The first-order chi connectivity index (χ1) is 9.70. The Morgan fingerprint density at radius 1 is 1.50 bits per heavy atom. The molecule has 0 amide bonds. The van der Waals surface area contributed by atoms with Crippen LogP contribution in [-0.2, 0) is 11.3 Å². The summed E-state index contributed by atoms with van der Waals surface area (Å²) in [6.45, 7) is 2.41. The molecule has 0 spiro atoms. The molecule has 0 aromatic heterocycles. The quantitative estimate of drug-likeness (QED) is 0.685. The zero-order valence-corrected chi connectivity index (χ0v) is 12.9.